The Morgan fingerprint density at radius 3 is 2.19 bits per heavy atom. The third kappa shape index (κ3) is 5.84. The first-order chi connectivity index (χ1) is 17.8. The second-order valence-electron chi connectivity index (χ2n) is 8.03. The number of nitrogens with zero attached hydrogens (tertiary/aromatic N) is 3. The number of halogens is 3. The molecule has 0 radical (unpaired) electrons. The van der Waals surface area contributed by atoms with Crippen LogP contribution in [0.1, 0.15) is 10.4 Å². The third-order valence-electron chi connectivity index (χ3n) is 5.46. The second kappa shape index (κ2) is 9.98. The van der Waals surface area contributed by atoms with E-state index in [9.17, 15) is 18.0 Å². The van der Waals surface area contributed by atoms with Crippen molar-refractivity contribution in [2.24, 2.45) is 0 Å². The highest BCUT2D eigenvalue weighted by atomic mass is 19.4. The van der Waals surface area contributed by atoms with Crippen LogP contribution in [0.2, 0.25) is 0 Å². The summed E-state index contributed by atoms with van der Waals surface area (Å²) in [5, 5.41) is 7.28. The van der Waals surface area contributed by atoms with Crippen molar-refractivity contribution < 1.29 is 22.7 Å². The van der Waals surface area contributed by atoms with Gasteiger partial charge < -0.3 is 10.1 Å². The molecule has 6 nitrogen and oxygen atoms in total. The fourth-order valence-electron chi connectivity index (χ4n) is 3.70. The van der Waals surface area contributed by atoms with Gasteiger partial charge in [-0.2, -0.15) is 0 Å². The summed E-state index contributed by atoms with van der Waals surface area (Å²) in [5.74, 6) is -0.129. The van der Waals surface area contributed by atoms with E-state index in [1.807, 2.05) is 48.5 Å². The lowest BCUT2D eigenvalue weighted by molar-refractivity contribution is -0.274. The van der Waals surface area contributed by atoms with Crippen molar-refractivity contribution in [3.05, 3.63) is 115 Å². The van der Waals surface area contributed by atoms with Gasteiger partial charge >= 0.3 is 6.36 Å². The van der Waals surface area contributed by atoms with E-state index in [-0.39, 0.29) is 11.7 Å². The summed E-state index contributed by atoms with van der Waals surface area (Å²) < 4.78 is 42.4. The van der Waals surface area contributed by atoms with Gasteiger partial charge in [-0.05, 0) is 71.8 Å². The second-order valence-corrected chi connectivity index (χ2v) is 8.03. The zero-order chi connectivity index (χ0) is 25.8. The summed E-state index contributed by atoms with van der Waals surface area (Å²) >= 11 is 0. The van der Waals surface area contributed by atoms with Crippen molar-refractivity contribution in [1.29, 1.82) is 0 Å². The van der Waals surface area contributed by atoms with Gasteiger partial charge in [-0.25, -0.2) is 9.67 Å². The Morgan fingerprint density at radius 2 is 1.49 bits per heavy atom. The molecule has 37 heavy (non-hydrogen) atoms. The van der Waals surface area contributed by atoms with Gasteiger partial charge in [0.05, 0.1) is 5.69 Å². The van der Waals surface area contributed by atoms with Gasteiger partial charge in [0, 0.05) is 16.8 Å². The Bertz CT molecular complexity index is 1510. The number of carbonyl (C=O) groups excluding carboxylic acids is 1. The standard InChI is InChI=1S/C28H19F3N4O2/c29-28(30,31)37-25-15-13-24(14-16-25)35-18-32-26(34-35)20-9-11-23(12-10-20)33-27(36)22-8-4-7-21(17-22)19-5-2-1-3-6-19/h1-18H,(H,33,36). The number of benzene rings is 4. The van der Waals surface area contributed by atoms with E-state index < -0.39 is 6.36 Å². The third-order valence-corrected chi connectivity index (χ3v) is 5.46. The normalized spacial score (nSPS) is 11.2. The van der Waals surface area contributed by atoms with Crippen molar-refractivity contribution in [3.8, 4) is 34.0 Å². The minimum absolute atomic E-state index is 0.231. The van der Waals surface area contributed by atoms with Gasteiger partial charge in [-0.15, -0.1) is 18.3 Å². The zero-order valence-corrected chi connectivity index (χ0v) is 19.2. The van der Waals surface area contributed by atoms with Crippen LogP contribution >= 0.6 is 0 Å². The highest BCUT2D eigenvalue weighted by molar-refractivity contribution is 6.05. The molecule has 0 aliphatic rings. The molecule has 0 fully saturated rings. The van der Waals surface area contributed by atoms with E-state index in [2.05, 4.69) is 20.1 Å². The molecule has 1 aromatic heterocycles. The Morgan fingerprint density at radius 1 is 0.784 bits per heavy atom. The monoisotopic (exact) mass is 500 g/mol. The molecule has 4 aromatic carbocycles. The largest absolute Gasteiger partial charge is 0.573 e. The maximum Gasteiger partial charge on any atom is 0.573 e. The van der Waals surface area contributed by atoms with Gasteiger partial charge in [0.2, 0.25) is 0 Å². The van der Waals surface area contributed by atoms with Crippen LogP contribution in [0.3, 0.4) is 0 Å². The molecule has 0 atom stereocenters. The summed E-state index contributed by atoms with van der Waals surface area (Å²) in [6, 6.07) is 29.6. The molecule has 184 valence electrons. The fraction of sp³-hybridized carbons (Fsp3) is 0.0357. The number of rotatable bonds is 6. The lowest BCUT2D eigenvalue weighted by Gasteiger charge is -2.09. The SMILES string of the molecule is O=C(Nc1ccc(-c2ncn(-c3ccc(OC(F)(F)F)cc3)n2)cc1)c1cccc(-c2ccccc2)c1. The molecule has 5 aromatic rings. The Hall–Kier alpha value is -4.92. The highest BCUT2D eigenvalue weighted by Crippen LogP contribution is 2.25. The number of hydrogen-bond acceptors (Lipinski definition) is 4. The van der Waals surface area contributed by atoms with Gasteiger partial charge in [0.15, 0.2) is 5.82 Å². The van der Waals surface area contributed by atoms with Crippen LogP contribution in [0.5, 0.6) is 5.75 Å². The topological polar surface area (TPSA) is 69.0 Å². The van der Waals surface area contributed by atoms with Crippen LogP contribution in [-0.4, -0.2) is 27.0 Å². The van der Waals surface area contributed by atoms with E-state index in [0.29, 0.717) is 28.3 Å². The quantitative estimate of drug-likeness (QED) is 0.280. The van der Waals surface area contributed by atoms with Crippen LogP contribution in [-0.2, 0) is 0 Å². The van der Waals surface area contributed by atoms with Gasteiger partial charge in [-0.1, -0.05) is 42.5 Å². The van der Waals surface area contributed by atoms with Crippen LogP contribution < -0.4 is 10.1 Å². The maximum absolute atomic E-state index is 12.8. The fourth-order valence-corrected chi connectivity index (χ4v) is 3.70. The van der Waals surface area contributed by atoms with Crippen LogP contribution in [0, 0.1) is 0 Å². The number of anilines is 1. The van der Waals surface area contributed by atoms with E-state index >= 15 is 0 Å². The predicted molar refractivity (Wildman–Crippen MR) is 133 cm³/mol. The first kappa shape index (κ1) is 23.8. The molecular formula is C28H19F3N4O2. The molecule has 1 heterocycles. The Kier molecular flexibility index (Phi) is 6.42. The number of alkyl halides is 3. The lowest BCUT2D eigenvalue weighted by Crippen LogP contribution is -2.17. The molecule has 0 aliphatic carbocycles. The minimum Gasteiger partial charge on any atom is -0.406 e. The molecule has 0 bridgehead atoms. The summed E-state index contributed by atoms with van der Waals surface area (Å²) in [6.45, 7) is 0. The predicted octanol–water partition coefficient (Wildman–Crippen LogP) is 6.75. The molecule has 0 saturated heterocycles. The van der Waals surface area contributed by atoms with E-state index in [4.69, 9.17) is 0 Å². The minimum atomic E-state index is -4.75. The summed E-state index contributed by atoms with van der Waals surface area (Å²) in [4.78, 5) is 17.1. The molecule has 5 rings (SSSR count). The van der Waals surface area contributed by atoms with E-state index in [1.54, 1.807) is 30.3 Å². The summed E-state index contributed by atoms with van der Waals surface area (Å²) in [6.07, 6.45) is -3.29. The highest BCUT2D eigenvalue weighted by Gasteiger charge is 2.31. The molecule has 1 amide bonds. The van der Waals surface area contributed by atoms with E-state index in [0.717, 1.165) is 11.1 Å². The van der Waals surface area contributed by atoms with Crippen LogP contribution in [0.15, 0.2) is 109 Å². The number of hydrogen-bond donors (Lipinski definition) is 1. The number of amides is 1. The number of carbonyl (C=O) groups is 1. The lowest BCUT2D eigenvalue weighted by atomic mass is 10.0. The van der Waals surface area contributed by atoms with Crippen molar-refractivity contribution in [1.82, 2.24) is 14.8 Å². The van der Waals surface area contributed by atoms with E-state index in [1.165, 1.54) is 35.3 Å². The van der Waals surface area contributed by atoms with Gasteiger partial charge in [0.25, 0.3) is 5.91 Å². The van der Waals surface area contributed by atoms with Crippen LogP contribution in [0.25, 0.3) is 28.2 Å². The number of aromatic nitrogens is 3. The first-order valence-corrected chi connectivity index (χ1v) is 11.2. The summed E-state index contributed by atoms with van der Waals surface area (Å²) in [7, 11) is 0. The molecule has 9 heteroatoms. The van der Waals surface area contributed by atoms with Crippen molar-refractivity contribution >= 4 is 11.6 Å². The molecule has 0 spiro atoms. The number of nitrogens with one attached hydrogen (secondary N) is 1. The Balaban J connectivity index is 1.26. The first-order valence-electron chi connectivity index (χ1n) is 11.2. The van der Waals surface area contributed by atoms with Crippen LogP contribution in [0.4, 0.5) is 18.9 Å². The Labute approximate surface area is 210 Å². The summed E-state index contributed by atoms with van der Waals surface area (Å²) in [5.41, 5.74) is 4.36. The smallest absolute Gasteiger partial charge is 0.406 e. The maximum atomic E-state index is 12.8. The van der Waals surface area contributed by atoms with Gasteiger partial charge in [0.1, 0.15) is 12.1 Å². The molecule has 0 unspecified atom stereocenters. The van der Waals surface area contributed by atoms with Crippen molar-refractivity contribution in [2.75, 3.05) is 5.32 Å². The van der Waals surface area contributed by atoms with Crippen molar-refractivity contribution in [3.63, 3.8) is 0 Å². The molecule has 0 aliphatic heterocycles. The molecule has 0 saturated carbocycles. The zero-order valence-electron chi connectivity index (χ0n) is 19.2. The number of ether oxygens (including phenoxy) is 1. The van der Waals surface area contributed by atoms with Gasteiger partial charge in [-0.3, -0.25) is 4.79 Å². The average molecular weight is 500 g/mol. The molecule has 1 N–H and O–H groups in total. The van der Waals surface area contributed by atoms with Crippen molar-refractivity contribution in [2.45, 2.75) is 6.36 Å². The molecular weight excluding hydrogens is 481 g/mol. The average Bonchev–Trinajstić information content (AvgIpc) is 3.40.